The number of nitriles is 2. The largest absolute Gasteiger partial charge is 0.456 e. The van der Waals surface area contributed by atoms with Crippen LogP contribution in [0, 0.1) is 22.7 Å². The normalized spacial score (nSPS) is 9.72. The Morgan fingerprint density at radius 2 is 1.60 bits per heavy atom. The molecule has 0 aliphatic heterocycles. The van der Waals surface area contributed by atoms with Crippen molar-refractivity contribution in [2.45, 2.75) is 0 Å². The first-order chi connectivity index (χ1) is 12.2. The van der Waals surface area contributed by atoms with Crippen molar-refractivity contribution < 1.29 is 4.74 Å². The number of nitrogens with one attached hydrogen (secondary N) is 1. The lowest BCUT2D eigenvalue weighted by Crippen LogP contribution is -1.97. The molecule has 120 valence electrons. The van der Waals surface area contributed by atoms with Gasteiger partial charge in [-0.05, 0) is 36.4 Å². The summed E-state index contributed by atoms with van der Waals surface area (Å²) in [6.07, 6.45) is 0. The molecule has 5 heteroatoms. The Hall–Kier alpha value is -3.47. The van der Waals surface area contributed by atoms with E-state index >= 15 is 0 Å². The van der Waals surface area contributed by atoms with Gasteiger partial charge in [-0.2, -0.15) is 10.5 Å². The van der Waals surface area contributed by atoms with E-state index in [-0.39, 0.29) is 5.56 Å². The lowest BCUT2D eigenvalue weighted by Gasteiger charge is -2.13. The number of nitrogens with zero attached hydrogens (tertiary/aromatic N) is 2. The molecule has 4 nitrogen and oxygen atoms in total. The molecule has 0 saturated heterocycles. The molecule has 0 bridgehead atoms. The van der Waals surface area contributed by atoms with Gasteiger partial charge in [0, 0.05) is 16.8 Å². The zero-order valence-corrected chi connectivity index (χ0v) is 13.8. The summed E-state index contributed by atoms with van der Waals surface area (Å²) in [6.45, 7) is 0. The Balaban J connectivity index is 2.01. The fraction of sp³-hybridized carbons (Fsp3) is 0. The van der Waals surface area contributed by atoms with Crippen molar-refractivity contribution in [3.8, 4) is 23.6 Å². The van der Waals surface area contributed by atoms with E-state index in [4.69, 9.17) is 16.3 Å². The van der Waals surface area contributed by atoms with Crippen molar-refractivity contribution in [2.75, 3.05) is 5.32 Å². The lowest BCUT2D eigenvalue weighted by molar-refractivity contribution is 0.481. The number of ether oxygens (including phenoxy) is 1. The fourth-order valence-electron chi connectivity index (χ4n) is 2.28. The highest BCUT2D eigenvalue weighted by Crippen LogP contribution is 2.33. The lowest BCUT2D eigenvalue weighted by atomic mass is 10.1. The quantitative estimate of drug-likeness (QED) is 0.666. The van der Waals surface area contributed by atoms with Gasteiger partial charge in [-0.3, -0.25) is 0 Å². The van der Waals surface area contributed by atoms with E-state index in [2.05, 4.69) is 17.5 Å². The molecule has 3 rings (SSSR count). The maximum atomic E-state index is 9.38. The first kappa shape index (κ1) is 16.4. The number of halogens is 1. The van der Waals surface area contributed by atoms with Gasteiger partial charge in [0.2, 0.25) is 0 Å². The molecule has 0 atom stereocenters. The highest BCUT2D eigenvalue weighted by atomic mass is 35.5. The predicted molar refractivity (Wildman–Crippen MR) is 97.1 cm³/mol. The number of benzene rings is 3. The first-order valence-electron chi connectivity index (χ1n) is 7.43. The highest BCUT2D eigenvalue weighted by Gasteiger charge is 2.12. The fourth-order valence-corrected chi connectivity index (χ4v) is 2.46. The Kier molecular flexibility index (Phi) is 4.85. The maximum Gasteiger partial charge on any atom is 0.147 e. The minimum atomic E-state index is 0.273. The Labute approximate surface area is 150 Å². The molecular weight excluding hydrogens is 334 g/mol. The van der Waals surface area contributed by atoms with Gasteiger partial charge in [-0.25, -0.2) is 0 Å². The summed E-state index contributed by atoms with van der Waals surface area (Å²) in [7, 11) is 0. The number of para-hydroxylation sites is 1. The van der Waals surface area contributed by atoms with Crippen LogP contribution in [0.3, 0.4) is 0 Å². The third-order valence-electron chi connectivity index (χ3n) is 3.44. The van der Waals surface area contributed by atoms with Gasteiger partial charge in [0.05, 0.1) is 16.8 Å². The standard InChI is InChI=1S/C20H12ClN3O/c21-16-5-4-8-18(10-16)25-20-11-19(14(12-22)9-15(20)13-23)24-17-6-2-1-3-7-17/h1-11,24H. The minimum absolute atomic E-state index is 0.273. The van der Waals surface area contributed by atoms with E-state index in [9.17, 15) is 10.5 Å². The van der Waals surface area contributed by atoms with E-state index in [1.165, 1.54) is 6.07 Å². The number of hydrogen-bond acceptors (Lipinski definition) is 4. The van der Waals surface area contributed by atoms with Gasteiger partial charge in [0.15, 0.2) is 0 Å². The van der Waals surface area contributed by atoms with Gasteiger partial charge < -0.3 is 10.1 Å². The predicted octanol–water partition coefficient (Wildman–Crippen LogP) is 5.62. The zero-order valence-electron chi connectivity index (χ0n) is 13.0. The van der Waals surface area contributed by atoms with Crippen molar-refractivity contribution in [3.63, 3.8) is 0 Å². The third-order valence-corrected chi connectivity index (χ3v) is 3.67. The highest BCUT2D eigenvalue weighted by molar-refractivity contribution is 6.30. The molecule has 0 radical (unpaired) electrons. The molecule has 0 aromatic heterocycles. The van der Waals surface area contributed by atoms with Crippen LogP contribution in [0.15, 0.2) is 66.7 Å². The van der Waals surface area contributed by atoms with Crippen LogP contribution in [0.25, 0.3) is 0 Å². The Bertz CT molecular complexity index is 988. The average molecular weight is 346 g/mol. The van der Waals surface area contributed by atoms with Crippen LogP contribution in [0.4, 0.5) is 11.4 Å². The summed E-state index contributed by atoms with van der Waals surface area (Å²) in [5.41, 5.74) is 2.02. The monoisotopic (exact) mass is 345 g/mol. The van der Waals surface area contributed by atoms with Crippen molar-refractivity contribution in [3.05, 3.63) is 82.9 Å². The number of rotatable bonds is 4. The van der Waals surface area contributed by atoms with E-state index in [0.717, 1.165) is 5.69 Å². The van der Waals surface area contributed by atoms with Crippen LogP contribution in [-0.2, 0) is 0 Å². The van der Waals surface area contributed by atoms with E-state index in [1.807, 2.05) is 30.3 Å². The molecule has 0 spiro atoms. The van der Waals surface area contributed by atoms with Crippen LogP contribution in [0.2, 0.25) is 5.02 Å². The summed E-state index contributed by atoms with van der Waals surface area (Å²) in [5, 5.41) is 22.5. The summed E-state index contributed by atoms with van der Waals surface area (Å²) < 4.78 is 5.80. The molecular formula is C20H12ClN3O. The van der Waals surface area contributed by atoms with Crippen LogP contribution in [0.5, 0.6) is 11.5 Å². The molecule has 3 aromatic carbocycles. The van der Waals surface area contributed by atoms with Crippen LogP contribution >= 0.6 is 11.6 Å². The van der Waals surface area contributed by atoms with Crippen molar-refractivity contribution in [1.29, 1.82) is 10.5 Å². The first-order valence-corrected chi connectivity index (χ1v) is 7.81. The van der Waals surface area contributed by atoms with Gasteiger partial charge in [0.25, 0.3) is 0 Å². The van der Waals surface area contributed by atoms with Crippen molar-refractivity contribution in [1.82, 2.24) is 0 Å². The van der Waals surface area contributed by atoms with Crippen molar-refractivity contribution >= 4 is 23.0 Å². The van der Waals surface area contributed by atoms with Gasteiger partial charge >= 0.3 is 0 Å². The molecule has 1 N–H and O–H groups in total. The Morgan fingerprint density at radius 1 is 0.840 bits per heavy atom. The molecule has 0 aliphatic carbocycles. The zero-order chi connectivity index (χ0) is 17.6. The van der Waals surface area contributed by atoms with Crippen LogP contribution < -0.4 is 10.1 Å². The summed E-state index contributed by atoms with van der Waals surface area (Å²) in [4.78, 5) is 0. The van der Waals surface area contributed by atoms with Crippen LogP contribution in [-0.4, -0.2) is 0 Å². The second-order valence-electron chi connectivity index (χ2n) is 5.17. The molecule has 0 amide bonds. The molecule has 3 aromatic rings. The number of hydrogen-bond donors (Lipinski definition) is 1. The molecule has 0 unspecified atom stereocenters. The van der Waals surface area contributed by atoms with Gasteiger partial charge in [-0.15, -0.1) is 0 Å². The molecule has 0 fully saturated rings. The van der Waals surface area contributed by atoms with Gasteiger partial charge in [0.1, 0.15) is 23.6 Å². The van der Waals surface area contributed by atoms with Crippen LogP contribution in [0.1, 0.15) is 11.1 Å². The second-order valence-corrected chi connectivity index (χ2v) is 5.60. The average Bonchev–Trinajstić information content (AvgIpc) is 2.63. The Morgan fingerprint density at radius 3 is 2.28 bits per heavy atom. The molecule has 0 aliphatic rings. The van der Waals surface area contributed by atoms with Crippen molar-refractivity contribution in [2.24, 2.45) is 0 Å². The number of anilines is 2. The van der Waals surface area contributed by atoms with Gasteiger partial charge in [-0.1, -0.05) is 35.9 Å². The minimum Gasteiger partial charge on any atom is -0.456 e. The second kappa shape index (κ2) is 7.40. The SMILES string of the molecule is N#Cc1cc(C#N)c(Oc2cccc(Cl)c2)cc1Nc1ccccc1. The summed E-state index contributed by atoms with van der Waals surface area (Å²) in [6, 6.07) is 23.7. The van der Waals surface area contributed by atoms with E-state index in [0.29, 0.717) is 27.8 Å². The third kappa shape index (κ3) is 3.90. The summed E-state index contributed by atoms with van der Waals surface area (Å²) in [5.74, 6) is 0.863. The maximum absolute atomic E-state index is 9.38. The summed E-state index contributed by atoms with van der Waals surface area (Å²) >= 11 is 5.97. The molecule has 0 heterocycles. The molecule has 25 heavy (non-hydrogen) atoms. The smallest absolute Gasteiger partial charge is 0.147 e. The molecule has 0 saturated carbocycles. The van der Waals surface area contributed by atoms with E-state index in [1.54, 1.807) is 30.3 Å². The van der Waals surface area contributed by atoms with E-state index < -0.39 is 0 Å². The topological polar surface area (TPSA) is 68.8 Å².